The summed E-state index contributed by atoms with van der Waals surface area (Å²) >= 11 is 0. The first-order chi connectivity index (χ1) is 3.29. The van der Waals surface area contributed by atoms with Gasteiger partial charge in [0.2, 0.25) is 5.91 Å². The summed E-state index contributed by atoms with van der Waals surface area (Å²) in [6.45, 7) is 2.44. The van der Waals surface area contributed by atoms with E-state index in [1.54, 1.807) is 0 Å². The molecular formula is C4H8N2O. The lowest BCUT2D eigenvalue weighted by Gasteiger charge is -1.90. The van der Waals surface area contributed by atoms with Gasteiger partial charge in [-0.05, 0) is 0 Å². The highest BCUT2D eigenvalue weighted by molar-refractivity contribution is 5.73. The molecule has 0 saturated carbocycles. The molecule has 0 radical (unpaired) electrons. The molecule has 1 atom stereocenters. The monoisotopic (exact) mass is 100 g/mol. The van der Waals surface area contributed by atoms with Gasteiger partial charge in [-0.1, -0.05) is 0 Å². The summed E-state index contributed by atoms with van der Waals surface area (Å²) in [6, 6.07) is 0. The van der Waals surface area contributed by atoms with Gasteiger partial charge < -0.3 is 5.32 Å². The zero-order valence-electron chi connectivity index (χ0n) is 4.19. The van der Waals surface area contributed by atoms with Gasteiger partial charge in [-0.3, -0.25) is 10.1 Å². The van der Waals surface area contributed by atoms with Gasteiger partial charge in [-0.25, -0.2) is 0 Å². The largest absolute Gasteiger partial charge is 0.340 e. The second-order valence-electron chi connectivity index (χ2n) is 1.66. The van der Waals surface area contributed by atoms with Gasteiger partial charge in [0.15, 0.2) is 0 Å². The van der Waals surface area contributed by atoms with Crippen LogP contribution in [-0.2, 0) is 4.79 Å². The maximum atomic E-state index is 10.1. The summed E-state index contributed by atoms with van der Waals surface area (Å²) < 4.78 is 0. The molecule has 0 aliphatic carbocycles. The second kappa shape index (κ2) is 1.50. The van der Waals surface area contributed by atoms with E-state index in [0.717, 1.165) is 6.54 Å². The van der Waals surface area contributed by atoms with E-state index < -0.39 is 0 Å². The topological polar surface area (TPSA) is 51.0 Å². The Morgan fingerprint density at radius 2 is 2.57 bits per heavy atom. The number of hydrogen-bond donors (Lipinski definition) is 2. The van der Waals surface area contributed by atoms with E-state index in [9.17, 15) is 4.79 Å². The average molecular weight is 100 g/mol. The molecule has 3 nitrogen and oxygen atoms in total. The number of carbonyl (C=O) groups is 1. The Labute approximate surface area is 42.1 Å². The van der Waals surface area contributed by atoms with Crippen molar-refractivity contribution in [2.45, 2.75) is 13.1 Å². The predicted molar refractivity (Wildman–Crippen MR) is 25.6 cm³/mol. The molecule has 1 heterocycles. The van der Waals surface area contributed by atoms with Crippen LogP contribution in [0, 0.1) is 0 Å². The first kappa shape index (κ1) is 4.59. The molecule has 1 saturated heterocycles. The summed E-state index contributed by atoms with van der Waals surface area (Å²) in [5.41, 5.74) is 0. The predicted octanol–water partition coefficient (Wildman–Crippen LogP) is -0.948. The molecule has 1 rings (SSSR count). The van der Waals surface area contributed by atoms with Gasteiger partial charge in [0.05, 0.1) is 6.17 Å². The number of rotatable bonds is 1. The fourth-order valence-corrected chi connectivity index (χ4v) is 0.406. The molecule has 1 amide bonds. The van der Waals surface area contributed by atoms with Crippen molar-refractivity contribution in [2.75, 3.05) is 6.54 Å². The third kappa shape index (κ3) is 1.55. The molecule has 1 unspecified atom stereocenters. The van der Waals surface area contributed by atoms with Gasteiger partial charge in [0.1, 0.15) is 0 Å². The second-order valence-corrected chi connectivity index (χ2v) is 1.66. The fourth-order valence-electron chi connectivity index (χ4n) is 0.406. The summed E-state index contributed by atoms with van der Waals surface area (Å²) in [6.07, 6.45) is 0.275. The van der Waals surface area contributed by atoms with E-state index in [-0.39, 0.29) is 12.1 Å². The van der Waals surface area contributed by atoms with Crippen LogP contribution in [0.4, 0.5) is 0 Å². The Kier molecular flexibility index (Phi) is 0.982. The van der Waals surface area contributed by atoms with Crippen LogP contribution in [0.2, 0.25) is 0 Å². The lowest BCUT2D eigenvalue weighted by atomic mass is 10.6. The highest BCUT2D eigenvalue weighted by Crippen LogP contribution is 1.87. The van der Waals surface area contributed by atoms with Crippen LogP contribution in [0.1, 0.15) is 6.92 Å². The van der Waals surface area contributed by atoms with Gasteiger partial charge in [0, 0.05) is 13.5 Å². The molecular weight excluding hydrogens is 92.1 g/mol. The Balaban J connectivity index is 2.08. The van der Waals surface area contributed by atoms with Crippen molar-refractivity contribution in [3.63, 3.8) is 0 Å². The lowest BCUT2D eigenvalue weighted by Crippen LogP contribution is -2.24. The lowest BCUT2D eigenvalue weighted by molar-refractivity contribution is -0.119. The maximum Gasteiger partial charge on any atom is 0.218 e. The minimum absolute atomic E-state index is 0.0370. The Hall–Kier alpha value is -0.570. The zero-order chi connectivity index (χ0) is 5.28. The highest BCUT2D eigenvalue weighted by atomic mass is 16.1. The third-order valence-corrected chi connectivity index (χ3v) is 0.786. The van der Waals surface area contributed by atoms with Crippen molar-refractivity contribution >= 4 is 5.91 Å². The minimum Gasteiger partial charge on any atom is -0.340 e. The standard InChI is InChI=1S/C4H8N2O/c1-3(7)6-4-2-5-4/h4-5H,2H2,1H3,(H,6,7). The van der Waals surface area contributed by atoms with E-state index >= 15 is 0 Å². The van der Waals surface area contributed by atoms with Crippen molar-refractivity contribution < 1.29 is 4.79 Å². The van der Waals surface area contributed by atoms with Crippen molar-refractivity contribution in [3.05, 3.63) is 0 Å². The highest BCUT2D eigenvalue weighted by Gasteiger charge is 2.19. The van der Waals surface area contributed by atoms with Gasteiger partial charge in [0.25, 0.3) is 0 Å². The van der Waals surface area contributed by atoms with Gasteiger partial charge >= 0.3 is 0 Å². The van der Waals surface area contributed by atoms with Crippen molar-refractivity contribution in [2.24, 2.45) is 0 Å². The van der Waals surface area contributed by atoms with Gasteiger partial charge in [-0.2, -0.15) is 0 Å². The molecule has 1 aliphatic heterocycles. The van der Waals surface area contributed by atoms with Crippen LogP contribution in [0.15, 0.2) is 0 Å². The van der Waals surface area contributed by atoms with Crippen molar-refractivity contribution in [1.82, 2.24) is 10.6 Å². The molecule has 3 heteroatoms. The van der Waals surface area contributed by atoms with E-state index in [4.69, 9.17) is 0 Å². The molecule has 0 aromatic rings. The van der Waals surface area contributed by atoms with Gasteiger partial charge in [-0.15, -0.1) is 0 Å². The molecule has 40 valence electrons. The van der Waals surface area contributed by atoms with E-state index in [0.29, 0.717) is 0 Å². The molecule has 0 aromatic heterocycles. The normalized spacial score (nSPS) is 26.7. The quantitative estimate of drug-likeness (QED) is 0.417. The van der Waals surface area contributed by atoms with E-state index in [1.165, 1.54) is 6.92 Å². The van der Waals surface area contributed by atoms with Crippen molar-refractivity contribution in [1.29, 1.82) is 0 Å². The summed E-state index contributed by atoms with van der Waals surface area (Å²) in [5, 5.41) is 5.60. The number of nitrogens with one attached hydrogen (secondary N) is 2. The molecule has 7 heavy (non-hydrogen) atoms. The minimum atomic E-state index is 0.0370. The van der Waals surface area contributed by atoms with Crippen LogP contribution in [0.5, 0.6) is 0 Å². The van der Waals surface area contributed by atoms with Crippen LogP contribution in [0.3, 0.4) is 0 Å². The fraction of sp³-hybridized carbons (Fsp3) is 0.750. The maximum absolute atomic E-state index is 10.1. The SMILES string of the molecule is CC(=O)NC1CN1. The first-order valence-corrected chi connectivity index (χ1v) is 2.29. The molecule has 1 fully saturated rings. The first-order valence-electron chi connectivity index (χ1n) is 2.29. The van der Waals surface area contributed by atoms with Crippen molar-refractivity contribution in [3.8, 4) is 0 Å². The molecule has 1 aliphatic rings. The molecule has 0 spiro atoms. The summed E-state index contributed by atoms with van der Waals surface area (Å²) in [5.74, 6) is 0.0370. The van der Waals surface area contributed by atoms with Crippen LogP contribution < -0.4 is 10.6 Å². The molecule has 0 bridgehead atoms. The molecule has 2 N–H and O–H groups in total. The Morgan fingerprint density at radius 1 is 2.00 bits per heavy atom. The number of amides is 1. The summed E-state index contributed by atoms with van der Waals surface area (Å²) in [4.78, 5) is 10.1. The summed E-state index contributed by atoms with van der Waals surface area (Å²) in [7, 11) is 0. The van der Waals surface area contributed by atoms with E-state index in [2.05, 4.69) is 10.6 Å². The van der Waals surface area contributed by atoms with Crippen LogP contribution in [-0.4, -0.2) is 18.6 Å². The van der Waals surface area contributed by atoms with Crippen LogP contribution in [0.25, 0.3) is 0 Å². The number of carbonyl (C=O) groups excluding carboxylic acids is 1. The van der Waals surface area contributed by atoms with E-state index in [1.807, 2.05) is 0 Å². The average Bonchev–Trinajstić information content (AvgIpc) is 2.17. The third-order valence-electron chi connectivity index (χ3n) is 0.786. The van der Waals surface area contributed by atoms with Crippen LogP contribution >= 0.6 is 0 Å². The smallest absolute Gasteiger partial charge is 0.218 e. The zero-order valence-corrected chi connectivity index (χ0v) is 4.19. The Morgan fingerprint density at radius 3 is 2.71 bits per heavy atom. The molecule has 0 aromatic carbocycles. The Bertz CT molecular complexity index is 87.7. The number of hydrogen-bond acceptors (Lipinski definition) is 2.